The molecule has 0 amide bonds. The number of unbranched alkanes of at least 4 members (excludes halogenated alkanes) is 2. The van der Waals surface area contributed by atoms with Gasteiger partial charge in [0.2, 0.25) is 0 Å². The van der Waals surface area contributed by atoms with Gasteiger partial charge in [-0.15, -0.1) is 0 Å². The first-order valence-corrected chi connectivity index (χ1v) is 3.50. The van der Waals surface area contributed by atoms with Crippen LogP contribution in [0.1, 0.15) is 33.1 Å². The fourth-order valence-corrected chi connectivity index (χ4v) is 0.490. The van der Waals surface area contributed by atoms with Crippen molar-refractivity contribution in [2.75, 3.05) is 0 Å². The van der Waals surface area contributed by atoms with Crippen LogP contribution in [0.5, 0.6) is 0 Å². The predicted octanol–water partition coefficient (Wildman–Crippen LogP) is 2.89. The molecule has 1 nitrogen and oxygen atoms in total. The predicted molar refractivity (Wildman–Crippen MR) is 39.7 cm³/mol. The molecule has 0 unspecified atom stereocenters. The summed E-state index contributed by atoms with van der Waals surface area (Å²) in [7, 11) is 0. The molecule has 0 bridgehead atoms. The quantitative estimate of drug-likeness (QED) is 0.407. The number of ether oxygens (including phenoxy) is 1. The van der Waals surface area contributed by atoms with Gasteiger partial charge in [-0.1, -0.05) is 19.4 Å². The number of hydrogen-bond acceptors (Lipinski definition) is 1. The Labute approximate surface area is 57.7 Å². The normalized spacial score (nSPS) is 10.4. The average molecular weight is 127 g/mol. The maximum absolute atomic E-state index is 4.98. The standard InChI is InChI=1S/C8H15O/c1-3-5-6-8-9-7-4-2/h4,7-8H,3,5-6H2,1-2H3/b7-4-. The van der Waals surface area contributed by atoms with Crippen LogP contribution in [0.15, 0.2) is 12.3 Å². The van der Waals surface area contributed by atoms with E-state index in [0.717, 1.165) is 6.42 Å². The zero-order valence-corrected chi connectivity index (χ0v) is 6.26. The smallest absolute Gasteiger partial charge is 0.134 e. The monoisotopic (exact) mass is 127 g/mol. The Balaban J connectivity index is 2.75. The van der Waals surface area contributed by atoms with Crippen LogP contribution in [0.25, 0.3) is 0 Å². The highest BCUT2D eigenvalue weighted by molar-refractivity contribution is 4.67. The summed E-state index contributed by atoms with van der Waals surface area (Å²) < 4.78 is 4.98. The Morgan fingerprint density at radius 2 is 2.22 bits per heavy atom. The summed E-state index contributed by atoms with van der Waals surface area (Å²) in [4.78, 5) is 0. The molecule has 0 aliphatic heterocycles. The van der Waals surface area contributed by atoms with Crippen LogP contribution in [0.3, 0.4) is 0 Å². The Kier molecular flexibility index (Phi) is 7.15. The summed E-state index contributed by atoms with van der Waals surface area (Å²) >= 11 is 0. The van der Waals surface area contributed by atoms with Crippen LogP contribution < -0.4 is 0 Å². The lowest BCUT2D eigenvalue weighted by Gasteiger charge is -1.95. The molecule has 0 saturated heterocycles. The summed E-state index contributed by atoms with van der Waals surface area (Å²) in [5.41, 5.74) is 0. The highest BCUT2D eigenvalue weighted by Crippen LogP contribution is 1.98. The molecular formula is C8H15O. The van der Waals surface area contributed by atoms with Gasteiger partial charge in [-0.25, -0.2) is 0 Å². The Hall–Kier alpha value is -0.460. The van der Waals surface area contributed by atoms with E-state index < -0.39 is 0 Å². The van der Waals surface area contributed by atoms with Gasteiger partial charge in [-0.3, -0.25) is 0 Å². The summed E-state index contributed by atoms with van der Waals surface area (Å²) in [5, 5.41) is 0. The number of hydrogen-bond donors (Lipinski definition) is 0. The molecule has 0 aromatic carbocycles. The van der Waals surface area contributed by atoms with E-state index in [-0.39, 0.29) is 0 Å². The minimum absolute atomic E-state index is 1.06. The van der Waals surface area contributed by atoms with Gasteiger partial charge in [-0.05, 0) is 19.8 Å². The van der Waals surface area contributed by atoms with E-state index in [4.69, 9.17) is 4.74 Å². The van der Waals surface area contributed by atoms with Gasteiger partial charge in [0.25, 0.3) is 0 Å². The second-order valence-corrected chi connectivity index (χ2v) is 1.91. The third-order valence-corrected chi connectivity index (χ3v) is 0.986. The van der Waals surface area contributed by atoms with Crippen molar-refractivity contribution < 1.29 is 4.74 Å². The van der Waals surface area contributed by atoms with E-state index in [1.165, 1.54) is 12.8 Å². The molecule has 9 heavy (non-hydrogen) atoms. The van der Waals surface area contributed by atoms with Gasteiger partial charge in [0.05, 0.1) is 6.26 Å². The average Bonchev–Trinajstić information content (AvgIpc) is 1.89. The fraction of sp³-hybridized carbons (Fsp3) is 0.625. The Morgan fingerprint density at radius 3 is 2.78 bits per heavy atom. The highest BCUT2D eigenvalue weighted by Gasteiger charge is 1.83. The molecule has 0 aliphatic rings. The van der Waals surface area contributed by atoms with Gasteiger partial charge in [0.15, 0.2) is 0 Å². The van der Waals surface area contributed by atoms with E-state index in [1.807, 2.05) is 19.6 Å². The molecule has 0 fully saturated rings. The third kappa shape index (κ3) is 7.54. The molecule has 0 aliphatic carbocycles. The third-order valence-electron chi connectivity index (χ3n) is 0.986. The molecule has 0 aromatic rings. The largest absolute Gasteiger partial charge is 0.495 e. The van der Waals surface area contributed by atoms with Crippen LogP contribution >= 0.6 is 0 Å². The van der Waals surface area contributed by atoms with Crippen LogP contribution in [0.2, 0.25) is 0 Å². The first-order chi connectivity index (χ1) is 4.41. The highest BCUT2D eigenvalue weighted by atomic mass is 16.5. The van der Waals surface area contributed by atoms with Crippen molar-refractivity contribution >= 4 is 0 Å². The maximum atomic E-state index is 4.98. The van der Waals surface area contributed by atoms with Crippen molar-refractivity contribution in [3.05, 3.63) is 18.9 Å². The van der Waals surface area contributed by atoms with Crippen molar-refractivity contribution in [1.82, 2.24) is 0 Å². The summed E-state index contributed by atoms with van der Waals surface area (Å²) in [6, 6.07) is 0. The molecule has 1 heteroatoms. The maximum Gasteiger partial charge on any atom is 0.134 e. The van der Waals surface area contributed by atoms with Crippen LogP contribution in [0.4, 0.5) is 0 Å². The van der Waals surface area contributed by atoms with Crippen LogP contribution in [0, 0.1) is 6.61 Å². The molecule has 53 valence electrons. The van der Waals surface area contributed by atoms with E-state index in [9.17, 15) is 0 Å². The van der Waals surface area contributed by atoms with Gasteiger partial charge >= 0.3 is 0 Å². The minimum Gasteiger partial charge on any atom is -0.495 e. The molecule has 0 aromatic heterocycles. The van der Waals surface area contributed by atoms with Gasteiger partial charge in [-0.2, -0.15) is 0 Å². The summed E-state index contributed by atoms with van der Waals surface area (Å²) in [6.07, 6.45) is 7.08. The lowest BCUT2D eigenvalue weighted by molar-refractivity contribution is 0.317. The first-order valence-electron chi connectivity index (χ1n) is 3.50. The molecule has 0 saturated carbocycles. The zero-order chi connectivity index (χ0) is 6.95. The number of allylic oxidation sites excluding steroid dienone is 1. The topological polar surface area (TPSA) is 9.23 Å². The van der Waals surface area contributed by atoms with Crippen LogP contribution in [-0.2, 0) is 4.74 Å². The molecule has 0 rings (SSSR count). The lowest BCUT2D eigenvalue weighted by atomic mass is 10.3. The Bertz CT molecular complexity index is 67.0. The van der Waals surface area contributed by atoms with Crippen LogP contribution in [-0.4, -0.2) is 0 Å². The SMILES string of the molecule is C/C=C\O[CH]CCCC. The van der Waals surface area contributed by atoms with E-state index in [1.54, 1.807) is 6.26 Å². The second-order valence-electron chi connectivity index (χ2n) is 1.91. The Morgan fingerprint density at radius 1 is 1.44 bits per heavy atom. The number of rotatable bonds is 5. The van der Waals surface area contributed by atoms with Crippen molar-refractivity contribution in [2.24, 2.45) is 0 Å². The van der Waals surface area contributed by atoms with Crippen molar-refractivity contribution in [3.8, 4) is 0 Å². The molecule has 0 spiro atoms. The van der Waals surface area contributed by atoms with Crippen molar-refractivity contribution in [3.63, 3.8) is 0 Å². The minimum atomic E-state index is 1.06. The molecule has 0 atom stereocenters. The van der Waals surface area contributed by atoms with Gasteiger partial charge in [0, 0.05) is 0 Å². The molecule has 0 heterocycles. The zero-order valence-electron chi connectivity index (χ0n) is 6.26. The van der Waals surface area contributed by atoms with Crippen molar-refractivity contribution in [1.29, 1.82) is 0 Å². The van der Waals surface area contributed by atoms with E-state index >= 15 is 0 Å². The molecule has 1 radical (unpaired) electrons. The second kappa shape index (κ2) is 7.54. The van der Waals surface area contributed by atoms with E-state index in [0.29, 0.717) is 0 Å². The molecular weight excluding hydrogens is 112 g/mol. The van der Waals surface area contributed by atoms with E-state index in [2.05, 4.69) is 6.92 Å². The fourth-order valence-electron chi connectivity index (χ4n) is 0.490. The molecule has 0 N–H and O–H groups in total. The van der Waals surface area contributed by atoms with Crippen molar-refractivity contribution in [2.45, 2.75) is 33.1 Å². The summed E-state index contributed by atoms with van der Waals surface area (Å²) in [5.74, 6) is 0. The van der Waals surface area contributed by atoms with Gasteiger partial charge in [0.1, 0.15) is 6.61 Å². The summed E-state index contributed by atoms with van der Waals surface area (Å²) in [6.45, 7) is 5.95. The van der Waals surface area contributed by atoms with Gasteiger partial charge < -0.3 is 4.74 Å². The first kappa shape index (κ1) is 8.54. The lowest BCUT2D eigenvalue weighted by Crippen LogP contribution is -1.77.